The molecule has 1 saturated heterocycles. The molecule has 2 aromatic heterocycles. The van der Waals surface area contributed by atoms with Gasteiger partial charge in [-0.05, 0) is 25.0 Å². The lowest BCUT2D eigenvalue weighted by atomic mass is 10.1. The number of rotatable bonds is 4. The summed E-state index contributed by atoms with van der Waals surface area (Å²) in [5.74, 6) is -0.382. The number of halogens is 1. The molecule has 1 atom stereocenters. The van der Waals surface area contributed by atoms with Gasteiger partial charge in [0.2, 0.25) is 5.88 Å². The largest absolute Gasteiger partial charge is 0.480 e. The fourth-order valence-corrected chi connectivity index (χ4v) is 2.62. The zero-order valence-corrected chi connectivity index (χ0v) is 13.2. The highest BCUT2D eigenvalue weighted by molar-refractivity contribution is 5.96. The third-order valence-electron chi connectivity index (χ3n) is 3.73. The van der Waals surface area contributed by atoms with Crippen LogP contribution in [0.5, 0.6) is 11.9 Å². The zero-order chi connectivity index (χ0) is 16.9. The Morgan fingerprint density at radius 2 is 2.12 bits per heavy atom. The highest BCUT2D eigenvalue weighted by atomic mass is 19.1. The third-order valence-corrected chi connectivity index (χ3v) is 3.73. The first-order valence-electron chi connectivity index (χ1n) is 7.60. The molecule has 0 aliphatic carbocycles. The van der Waals surface area contributed by atoms with Crippen LogP contribution in [0.2, 0.25) is 0 Å². The van der Waals surface area contributed by atoms with Gasteiger partial charge in [-0.25, -0.2) is 19.3 Å². The Kier molecular flexibility index (Phi) is 4.83. The molecule has 8 heteroatoms. The van der Waals surface area contributed by atoms with E-state index in [9.17, 15) is 9.18 Å². The van der Waals surface area contributed by atoms with Gasteiger partial charge in [0.05, 0.1) is 26.0 Å². The van der Waals surface area contributed by atoms with Crippen LogP contribution in [-0.2, 0) is 0 Å². The van der Waals surface area contributed by atoms with Gasteiger partial charge in [-0.3, -0.25) is 4.79 Å². The topological polar surface area (TPSA) is 77.4 Å². The number of hydrogen-bond acceptors (Lipinski definition) is 6. The monoisotopic (exact) mass is 332 g/mol. The lowest BCUT2D eigenvalue weighted by molar-refractivity contribution is 0.0512. The smallest absolute Gasteiger partial charge is 0.316 e. The third kappa shape index (κ3) is 3.58. The fourth-order valence-electron chi connectivity index (χ4n) is 2.62. The molecule has 2 aromatic rings. The molecule has 0 bridgehead atoms. The number of amides is 1. The van der Waals surface area contributed by atoms with Crippen LogP contribution in [0.3, 0.4) is 0 Å². The van der Waals surface area contributed by atoms with Gasteiger partial charge < -0.3 is 14.4 Å². The lowest BCUT2D eigenvalue weighted by Gasteiger charge is -2.32. The van der Waals surface area contributed by atoms with Crippen molar-refractivity contribution in [2.24, 2.45) is 0 Å². The first kappa shape index (κ1) is 16.1. The zero-order valence-electron chi connectivity index (χ0n) is 13.2. The highest BCUT2D eigenvalue weighted by Gasteiger charge is 2.28. The minimum absolute atomic E-state index is 0.106. The van der Waals surface area contributed by atoms with Crippen molar-refractivity contribution in [3.05, 3.63) is 42.1 Å². The Bertz CT molecular complexity index is 711. The first-order chi connectivity index (χ1) is 11.7. The van der Waals surface area contributed by atoms with Gasteiger partial charge in [0, 0.05) is 12.7 Å². The summed E-state index contributed by atoms with van der Waals surface area (Å²) in [6.07, 6.45) is 5.00. The van der Waals surface area contributed by atoms with Gasteiger partial charge >= 0.3 is 6.01 Å². The summed E-state index contributed by atoms with van der Waals surface area (Å²) < 4.78 is 23.6. The van der Waals surface area contributed by atoms with Crippen LogP contribution < -0.4 is 9.47 Å². The van der Waals surface area contributed by atoms with E-state index in [4.69, 9.17) is 9.47 Å². The summed E-state index contributed by atoms with van der Waals surface area (Å²) in [6, 6.07) is 3.48. The Morgan fingerprint density at radius 3 is 2.88 bits per heavy atom. The van der Waals surface area contributed by atoms with Crippen LogP contribution in [0.25, 0.3) is 0 Å². The number of hydrogen-bond donors (Lipinski definition) is 0. The summed E-state index contributed by atoms with van der Waals surface area (Å²) in [5, 5.41) is 0. The highest BCUT2D eigenvalue weighted by Crippen LogP contribution is 2.21. The van der Waals surface area contributed by atoms with Crippen molar-refractivity contribution in [1.29, 1.82) is 0 Å². The van der Waals surface area contributed by atoms with Gasteiger partial charge in [0.25, 0.3) is 5.91 Å². The van der Waals surface area contributed by atoms with E-state index in [2.05, 4.69) is 15.0 Å². The molecule has 0 aromatic carbocycles. The van der Waals surface area contributed by atoms with Crippen LogP contribution in [0.15, 0.2) is 30.7 Å². The molecule has 0 spiro atoms. The van der Waals surface area contributed by atoms with Crippen LogP contribution in [0.1, 0.15) is 23.2 Å². The average molecular weight is 332 g/mol. The normalized spacial score (nSPS) is 17.4. The van der Waals surface area contributed by atoms with Crippen LogP contribution in [0, 0.1) is 5.82 Å². The number of pyridine rings is 1. The number of carbonyl (C=O) groups excluding carboxylic acids is 1. The van der Waals surface area contributed by atoms with Crippen molar-refractivity contribution in [3.63, 3.8) is 0 Å². The second-order valence-corrected chi connectivity index (χ2v) is 5.38. The molecule has 0 N–H and O–H groups in total. The second-order valence-electron chi connectivity index (χ2n) is 5.38. The van der Waals surface area contributed by atoms with E-state index in [1.165, 1.54) is 7.11 Å². The number of piperidine rings is 1. The first-order valence-corrected chi connectivity index (χ1v) is 7.60. The van der Waals surface area contributed by atoms with Crippen molar-refractivity contribution >= 4 is 5.91 Å². The van der Waals surface area contributed by atoms with Crippen molar-refractivity contribution < 1.29 is 18.7 Å². The number of nitrogens with zero attached hydrogens (tertiary/aromatic N) is 4. The molecule has 126 valence electrons. The Morgan fingerprint density at radius 1 is 1.33 bits per heavy atom. The molecule has 1 aliphatic rings. The van der Waals surface area contributed by atoms with Crippen molar-refractivity contribution in [1.82, 2.24) is 19.9 Å². The lowest BCUT2D eigenvalue weighted by Crippen LogP contribution is -2.44. The molecule has 0 radical (unpaired) electrons. The average Bonchev–Trinajstić information content (AvgIpc) is 2.63. The van der Waals surface area contributed by atoms with Crippen molar-refractivity contribution in [3.8, 4) is 11.9 Å². The molecule has 3 heterocycles. The van der Waals surface area contributed by atoms with E-state index in [1.807, 2.05) is 0 Å². The quantitative estimate of drug-likeness (QED) is 0.848. The predicted octanol–water partition coefficient (Wildman–Crippen LogP) is 1.70. The summed E-state index contributed by atoms with van der Waals surface area (Å²) in [4.78, 5) is 26.0. The van der Waals surface area contributed by atoms with E-state index >= 15 is 0 Å². The minimum atomic E-state index is -0.522. The maximum Gasteiger partial charge on any atom is 0.316 e. The Hall–Kier alpha value is -2.77. The Labute approximate surface area is 138 Å². The van der Waals surface area contributed by atoms with E-state index in [1.54, 1.807) is 23.2 Å². The maximum absolute atomic E-state index is 12.8. The van der Waals surface area contributed by atoms with Crippen LogP contribution in [0.4, 0.5) is 4.39 Å². The van der Waals surface area contributed by atoms with E-state index in [-0.39, 0.29) is 18.0 Å². The standard InChI is InChI=1S/C16H17FN4O3/c1-23-14-13(5-2-6-18-14)15(22)21-7-3-4-12(10-21)24-16-19-8-11(17)9-20-16/h2,5-6,8-9,12H,3-4,7,10H2,1H3. The van der Waals surface area contributed by atoms with Crippen molar-refractivity contribution in [2.75, 3.05) is 20.2 Å². The molecule has 1 fully saturated rings. The fraction of sp³-hybridized carbons (Fsp3) is 0.375. The van der Waals surface area contributed by atoms with Gasteiger partial charge in [-0.15, -0.1) is 0 Å². The summed E-state index contributed by atoms with van der Waals surface area (Å²) >= 11 is 0. The molecule has 0 saturated carbocycles. The summed E-state index contributed by atoms with van der Waals surface area (Å²) in [7, 11) is 1.48. The molecular formula is C16H17FN4O3. The van der Waals surface area contributed by atoms with Crippen LogP contribution in [-0.4, -0.2) is 52.1 Å². The predicted molar refractivity (Wildman–Crippen MR) is 82.3 cm³/mol. The van der Waals surface area contributed by atoms with Gasteiger partial charge in [-0.2, -0.15) is 0 Å². The van der Waals surface area contributed by atoms with E-state index in [0.29, 0.717) is 24.5 Å². The maximum atomic E-state index is 12.8. The number of ether oxygens (including phenoxy) is 2. The molecule has 24 heavy (non-hydrogen) atoms. The molecule has 7 nitrogen and oxygen atoms in total. The molecule has 3 rings (SSSR count). The molecular weight excluding hydrogens is 315 g/mol. The number of likely N-dealkylation sites (tertiary alicyclic amines) is 1. The van der Waals surface area contributed by atoms with Crippen molar-refractivity contribution in [2.45, 2.75) is 18.9 Å². The van der Waals surface area contributed by atoms with E-state index in [0.717, 1.165) is 25.2 Å². The molecule has 1 unspecified atom stereocenters. The number of aromatic nitrogens is 3. The van der Waals surface area contributed by atoms with Gasteiger partial charge in [-0.1, -0.05) is 0 Å². The summed E-state index contributed by atoms with van der Waals surface area (Å²) in [5.41, 5.74) is 0.415. The van der Waals surface area contributed by atoms with Crippen LogP contribution >= 0.6 is 0 Å². The van der Waals surface area contributed by atoms with Gasteiger partial charge in [0.1, 0.15) is 11.7 Å². The number of methoxy groups -OCH3 is 1. The molecule has 1 aliphatic heterocycles. The second kappa shape index (κ2) is 7.20. The minimum Gasteiger partial charge on any atom is -0.480 e. The SMILES string of the molecule is COc1ncccc1C(=O)N1CCCC(Oc2ncc(F)cn2)C1. The molecule has 1 amide bonds. The van der Waals surface area contributed by atoms with E-state index < -0.39 is 5.82 Å². The number of carbonyl (C=O) groups is 1. The van der Waals surface area contributed by atoms with Gasteiger partial charge in [0.15, 0.2) is 5.82 Å². The summed E-state index contributed by atoms with van der Waals surface area (Å²) in [6.45, 7) is 1.03. The Balaban J connectivity index is 1.68.